The molecule has 0 unspecified atom stereocenters. The quantitative estimate of drug-likeness (QED) is 0.284. The number of hydrogen-bond acceptors (Lipinski definition) is 5. The van der Waals surface area contributed by atoms with Gasteiger partial charge >= 0.3 is 0 Å². The number of nitrogens with one attached hydrogen (secondary N) is 1. The molecule has 0 bridgehead atoms. The minimum Gasteiger partial charge on any atom is -0.455 e. The molecular weight excluding hydrogens is 458 g/mol. The zero-order valence-corrected chi connectivity index (χ0v) is 18.2. The summed E-state index contributed by atoms with van der Waals surface area (Å²) in [5.74, 6) is 2.27. The normalized spacial score (nSPS) is 10.8. The van der Waals surface area contributed by atoms with Crippen molar-refractivity contribution in [3.8, 4) is 22.6 Å². The highest BCUT2D eigenvalue weighted by molar-refractivity contribution is 9.10. The molecule has 6 heteroatoms. The molecule has 0 atom stereocenters. The number of thiophene rings is 1. The summed E-state index contributed by atoms with van der Waals surface area (Å²) in [7, 11) is 0. The molecule has 0 aliphatic carbocycles. The molecule has 5 aromatic rings. The molecule has 0 saturated heterocycles. The Bertz CT molecular complexity index is 1300. The maximum Gasteiger partial charge on any atom is 0.150 e. The summed E-state index contributed by atoms with van der Waals surface area (Å²) in [6.07, 6.45) is 1.59. The number of aromatic nitrogens is 2. The van der Waals surface area contributed by atoms with Crippen LogP contribution >= 0.6 is 27.3 Å². The van der Waals surface area contributed by atoms with Crippen molar-refractivity contribution in [3.63, 3.8) is 0 Å². The van der Waals surface area contributed by atoms with Crippen molar-refractivity contribution in [2.45, 2.75) is 0 Å². The van der Waals surface area contributed by atoms with Gasteiger partial charge in [-0.15, -0.1) is 11.3 Å². The first kappa shape index (κ1) is 18.8. The number of nitrogens with zero attached hydrogens (tertiary/aromatic N) is 2. The van der Waals surface area contributed by atoms with Gasteiger partial charge in [-0.25, -0.2) is 9.97 Å². The van der Waals surface area contributed by atoms with Crippen LogP contribution in [0.2, 0.25) is 0 Å². The Balaban J connectivity index is 1.55. The van der Waals surface area contributed by atoms with Gasteiger partial charge in [0.25, 0.3) is 0 Å². The summed E-state index contributed by atoms with van der Waals surface area (Å²) in [6.45, 7) is 0. The summed E-state index contributed by atoms with van der Waals surface area (Å²) in [5.41, 5.74) is 3.07. The molecule has 3 aromatic carbocycles. The van der Waals surface area contributed by atoms with Crippen LogP contribution in [0.1, 0.15) is 0 Å². The van der Waals surface area contributed by atoms with E-state index in [9.17, 15) is 0 Å². The molecule has 0 aliphatic rings. The van der Waals surface area contributed by atoms with E-state index < -0.39 is 0 Å². The number of anilines is 2. The fourth-order valence-corrected chi connectivity index (χ4v) is 4.39. The lowest BCUT2D eigenvalue weighted by atomic mass is 10.1. The molecule has 0 radical (unpaired) electrons. The molecule has 30 heavy (non-hydrogen) atoms. The molecule has 5 rings (SSSR count). The van der Waals surface area contributed by atoms with Crippen molar-refractivity contribution in [1.29, 1.82) is 0 Å². The van der Waals surface area contributed by atoms with Gasteiger partial charge in [0, 0.05) is 15.4 Å². The van der Waals surface area contributed by atoms with Gasteiger partial charge in [-0.2, -0.15) is 0 Å². The summed E-state index contributed by atoms with van der Waals surface area (Å²) in [6, 6.07) is 25.9. The predicted octanol–water partition coefficient (Wildman–Crippen LogP) is 7.66. The van der Waals surface area contributed by atoms with E-state index >= 15 is 0 Å². The average Bonchev–Trinajstić information content (AvgIpc) is 3.22. The second-order valence-electron chi connectivity index (χ2n) is 6.59. The van der Waals surface area contributed by atoms with Crippen molar-refractivity contribution in [1.82, 2.24) is 9.97 Å². The Morgan fingerprint density at radius 2 is 1.60 bits per heavy atom. The van der Waals surface area contributed by atoms with Crippen molar-refractivity contribution in [2.75, 3.05) is 5.32 Å². The number of fused-ring (bicyclic) bond motifs is 1. The van der Waals surface area contributed by atoms with Crippen molar-refractivity contribution >= 4 is 49.0 Å². The lowest BCUT2D eigenvalue weighted by Crippen LogP contribution is -1.98. The fraction of sp³-hybridized carbons (Fsp3) is 0. The molecule has 0 aliphatic heterocycles. The van der Waals surface area contributed by atoms with Gasteiger partial charge in [-0.3, -0.25) is 0 Å². The van der Waals surface area contributed by atoms with Gasteiger partial charge in [0.2, 0.25) is 0 Å². The first-order valence-corrected chi connectivity index (χ1v) is 11.0. The predicted molar refractivity (Wildman–Crippen MR) is 127 cm³/mol. The van der Waals surface area contributed by atoms with Crippen LogP contribution in [-0.2, 0) is 0 Å². The maximum atomic E-state index is 6.09. The Morgan fingerprint density at radius 1 is 0.833 bits per heavy atom. The van der Waals surface area contributed by atoms with Crippen molar-refractivity contribution in [3.05, 3.63) is 95.0 Å². The summed E-state index contributed by atoms with van der Waals surface area (Å²) in [5, 5.41) is 6.59. The average molecular weight is 474 g/mol. The smallest absolute Gasteiger partial charge is 0.150 e. The van der Waals surface area contributed by atoms with Crippen LogP contribution < -0.4 is 10.1 Å². The first-order valence-electron chi connectivity index (χ1n) is 9.35. The van der Waals surface area contributed by atoms with Crippen LogP contribution in [0.25, 0.3) is 21.3 Å². The van der Waals surface area contributed by atoms with Gasteiger partial charge in [0.05, 0.1) is 11.1 Å². The van der Waals surface area contributed by atoms with Gasteiger partial charge < -0.3 is 10.1 Å². The highest BCUT2D eigenvalue weighted by Gasteiger charge is 2.15. The van der Waals surface area contributed by atoms with Crippen molar-refractivity contribution < 1.29 is 4.74 Å². The standard InChI is InChI=1S/C24H16BrN3OS/c25-17-12-10-16(11-13-17)19-14-30-24-22(19)23(26-15-27-24)28-20-8-4-5-9-21(20)29-18-6-2-1-3-7-18/h1-15H,(H,26,27,28). The zero-order valence-electron chi connectivity index (χ0n) is 15.7. The van der Waals surface area contributed by atoms with Gasteiger partial charge in [0.1, 0.15) is 22.7 Å². The second kappa shape index (κ2) is 8.26. The topological polar surface area (TPSA) is 47.0 Å². The van der Waals surface area contributed by atoms with Crippen LogP contribution in [0.3, 0.4) is 0 Å². The number of halogens is 1. The van der Waals surface area contributed by atoms with E-state index in [4.69, 9.17) is 4.74 Å². The number of para-hydroxylation sites is 3. The SMILES string of the molecule is Brc1ccc(-c2csc3ncnc(Nc4ccccc4Oc4ccccc4)c23)cc1. The molecule has 0 amide bonds. The van der Waals surface area contributed by atoms with E-state index in [2.05, 4.69) is 48.7 Å². The fourth-order valence-electron chi connectivity index (χ4n) is 3.21. The van der Waals surface area contributed by atoms with E-state index in [1.807, 2.05) is 66.7 Å². The molecule has 0 spiro atoms. The Morgan fingerprint density at radius 3 is 2.43 bits per heavy atom. The van der Waals surface area contributed by atoms with Crippen LogP contribution in [-0.4, -0.2) is 9.97 Å². The minimum atomic E-state index is 0.732. The molecule has 146 valence electrons. The molecule has 0 fully saturated rings. The largest absolute Gasteiger partial charge is 0.455 e. The van der Waals surface area contributed by atoms with Crippen LogP contribution in [0, 0.1) is 0 Å². The molecule has 1 N–H and O–H groups in total. The third-order valence-electron chi connectivity index (χ3n) is 4.64. The molecule has 4 nitrogen and oxygen atoms in total. The van der Waals surface area contributed by atoms with Crippen molar-refractivity contribution in [2.24, 2.45) is 0 Å². The third kappa shape index (κ3) is 3.79. The highest BCUT2D eigenvalue weighted by Crippen LogP contribution is 2.39. The molecule has 2 heterocycles. The zero-order chi connectivity index (χ0) is 20.3. The lowest BCUT2D eigenvalue weighted by molar-refractivity contribution is 0.485. The van der Waals surface area contributed by atoms with E-state index in [0.29, 0.717) is 0 Å². The highest BCUT2D eigenvalue weighted by atomic mass is 79.9. The van der Waals surface area contributed by atoms with Gasteiger partial charge in [0.15, 0.2) is 5.75 Å². The maximum absolute atomic E-state index is 6.09. The number of benzene rings is 3. The first-order chi connectivity index (χ1) is 14.8. The molecular formula is C24H16BrN3OS. The monoisotopic (exact) mass is 473 g/mol. The summed E-state index contributed by atoms with van der Waals surface area (Å²) < 4.78 is 7.14. The minimum absolute atomic E-state index is 0.732. The second-order valence-corrected chi connectivity index (χ2v) is 8.37. The number of ether oxygens (including phenoxy) is 1. The van der Waals surface area contributed by atoms with E-state index in [1.165, 1.54) is 0 Å². The van der Waals surface area contributed by atoms with E-state index in [1.54, 1.807) is 17.7 Å². The lowest BCUT2D eigenvalue weighted by Gasteiger charge is -2.13. The number of rotatable bonds is 5. The summed E-state index contributed by atoms with van der Waals surface area (Å²) >= 11 is 5.11. The Hall–Kier alpha value is -3.22. The van der Waals surface area contributed by atoms with Crippen LogP contribution in [0.15, 0.2) is 95.0 Å². The third-order valence-corrected chi connectivity index (χ3v) is 6.05. The van der Waals surface area contributed by atoms with Gasteiger partial charge in [-0.1, -0.05) is 58.4 Å². The van der Waals surface area contributed by atoms with Crippen LogP contribution in [0.5, 0.6) is 11.5 Å². The molecule has 2 aromatic heterocycles. The Labute approximate surface area is 186 Å². The van der Waals surface area contributed by atoms with E-state index in [0.717, 1.165) is 48.8 Å². The van der Waals surface area contributed by atoms with E-state index in [-0.39, 0.29) is 0 Å². The molecule has 0 saturated carbocycles. The van der Waals surface area contributed by atoms with Crippen LogP contribution in [0.4, 0.5) is 11.5 Å². The Kier molecular flexibility index (Phi) is 5.17. The summed E-state index contributed by atoms with van der Waals surface area (Å²) in [4.78, 5) is 9.95. The van der Waals surface area contributed by atoms with Gasteiger partial charge in [-0.05, 0) is 42.0 Å². The number of hydrogen-bond donors (Lipinski definition) is 1.